The number of hydrogen-bond donors (Lipinski definition) is 1. The van der Waals surface area contributed by atoms with Gasteiger partial charge in [0.05, 0.1) is 24.3 Å². The second-order valence-electron chi connectivity index (χ2n) is 4.59. The van der Waals surface area contributed by atoms with Crippen LogP contribution in [-0.4, -0.2) is 7.11 Å². The van der Waals surface area contributed by atoms with Gasteiger partial charge < -0.3 is 10.1 Å². The Hall–Kier alpha value is -2.98. The van der Waals surface area contributed by atoms with Crippen molar-refractivity contribution < 1.29 is 4.74 Å². The number of para-hydroxylation sites is 1. The first-order valence-electron chi connectivity index (χ1n) is 6.53. The Morgan fingerprint density at radius 2 is 1.76 bits per heavy atom. The molecule has 0 aliphatic carbocycles. The van der Waals surface area contributed by atoms with Gasteiger partial charge in [-0.05, 0) is 31.2 Å². The quantitative estimate of drug-likeness (QED) is 0.926. The largest absolute Gasteiger partial charge is 0.496 e. The summed E-state index contributed by atoms with van der Waals surface area (Å²) in [5.41, 5.74) is 2.58. The molecule has 21 heavy (non-hydrogen) atoms. The molecule has 0 aromatic heterocycles. The van der Waals surface area contributed by atoms with Crippen molar-refractivity contribution in [1.29, 1.82) is 10.5 Å². The topological polar surface area (TPSA) is 68.8 Å². The number of hydrogen-bond acceptors (Lipinski definition) is 4. The lowest BCUT2D eigenvalue weighted by atomic mass is 10.1. The van der Waals surface area contributed by atoms with Crippen LogP contribution in [0.2, 0.25) is 0 Å². The number of ether oxygens (including phenoxy) is 1. The lowest BCUT2D eigenvalue weighted by molar-refractivity contribution is 0.408. The normalized spacial score (nSPS) is 11.0. The minimum absolute atomic E-state index is 0.0145. The van der Waals surface area contributed by atoms with Crippen LogP contribution in [0.4, 0.5) is 5.69 Å². The van der Waals surface area contributed by atoms with Crippen LogP contribution in [0.1, 0.15) is 29.7 Å². The summed E-state index contributed by atoms with van der Waals surface area (Å²) < 4.78 is 5.35. The zero-order chi connectivity index (χ0) is 15.2. The molecule has 0 radical (unpaired) electrons. The van der Waals surface area contributed by atoms with Crippen molar-refractivity contribution in [3.05, 3.63) is 59.2 Å². The van der Waals surface area contributed by atoms with E-state index in [1.807, 2.05) is 43.3 Å². The van der Waals surface area contributed by atoms with Crippen LogP contribution >= 0.6 is 0 Å². The zero-order valence-electron chi connectivity index (χ0n) is 11.9. The number of benzene rings is 2. The molecule has 1 N–H and O–H groups in total. The molecule has 0 heterocycles. The van der Waals surface area contributed by atoms with Gasteiger partial charge in [0.1, 0.15) is 17.9 Å². The Balaban J connectivity index is 2.26. The maximum Gasteiger partial charge on any atom is 0.124 e. The van der Waals surface area contributed by atoms with Crippen molar-refractivity contribution >= 4 is 5.69 Å². The SMILES string of the molecule is COc1ccccc1C(C)Nc1ccc(C#N)c(C#N)c1. The van der Waals surface area contributed by atoms with E-state index in [4.69, 9.17) is 15.3 Å². The van der Waals surface area contributed by atoms with E-state index in [0.29, 0.717) is 11.1 Å². The van der Waals surface area contributed by atoms with E-state index in [0.717, 1.165) is 17.0 Å². The van der Waals surface area contributed by atoms with Crippen molar-refractivity contribution in [2.45, 2.75) is 13.0 Å². The fraction of sp³-hybridized carbons (Fsp3) is 0.176. The molecule has 0 amide bonds. The summed E-state index contributed by atoms with van der Waals surface area (Å²) in [6.45, 7) is 2.02. The highest BCUT2D eigenvalue weighted by Crippen LogP contribution is 2.28. The molecule has 0 aliphatic rings. The van der Waals surface area contributed by atoms with Gasteiger partial charge in [-0.1, -0.05) is 18.2 Å². The Bertz CT molecular complexity index is 726. The summed E-state index contributed by atoms with van der Waals surface area (Å²) in [7, 11) is 1.64. The number of nitrogens with zero attached hydrogens (tertiary/aromatic N) is 2. The molecule has 0 saturated heterocycles. The summed E-state index contributed by atoms with van der Waals surface area (Å²) in [6.07, 6.45) is 0. The first-order valence-corrected chi connectivity index (χ1v) is 6.53. The van der Waals surface area contributed by atoms with Crippen molar-refractivity contribution in [3.8, 4) is 17.9 Å². The Kier molecular flexibility index (Phi) is 4.43. The van der Waals surface area contributed by atoms with E-state index >= 15 is 0 Å². The van der Waals surface area contributed by atoms with Crippen molar-refractivity contribution in [3.63, 3.8) is 0 Å². The van der Waals surface area contributed by atoms with Gasteiger partial charge in [0.15, 0.2) is 0 Å². The van der Waals surface area contributed by atoms with Gasteiger partial charge in [0.25, 0.3) is 0 Å². The third-order valence-corrected chi connectivity index (χ3v) is 3.25. The highest BCUT2D eigenvalue weighted by atomic mass is 16.5. The van der Waals surface area contributed by atoms with E-state index in [1.54, 1.807) is 25.3 Å². The molecular formula is C17H15N3O. The predicted octanol–water partition coefficient (Wildman–Crippen LogP) is 3.61. The standard InChI is InChI=1S/C17H15N3O/c1-12(16-5-3-4-6-17(16)21-2)20-15-8-7-13(10-18)14(9-15)11-19/h3-9,12,20H,1-2H3. The monoisotopic (exact) mass is 277 g/mol. The summed E-state index contributed by atoms with van der Waals surface area (Å²) in [4.78, 5) is 0. The highest BCUT2D eigenvalue weighted by Gasteiger charge is 2.11. The minimum Gasteiger partial charge on any atom is -0.496 e. The summed E-state index contributed by atoms with van der Waals surface area (Å²) >= 11 is 0. The van der Waals surface area contributed by atoms with Gasteiger partial charge >= 0.3 is 0 Å². The summed E-state index contributed by atoms with van der Waals surface area (Å²) in [5, 5.41) is 21.3. The molecule has 1 atom stereocenters. The lowest BCUT2D eigenvalue weighted by Crippen LogP contribution is -2.08. The Morgan fingerprint density at radius 1 is 1.05 bits per heavy atom. The molecule has 0 saturated carbocycles. The van der Waals surface area contributed by atoms with Gasteiger partial charge in [0.2, 0.25) is 0 Å². The zero-order valence-corrected chi connectivity index (χ0v) is 11.9. The first kappa shape index (κ1) is 14.4. The smallest absolute Gasteiger partial charge is 0.124 e. The average Bonchev–Trinajstić information content (AvgIpc) is 2.54. The van der Waals surface area contributed by atoms with Gasteiger partial charge in [0, 0.05) is 11.3 Å². The van der Waals surface area contributed by atoms with Gasteiger partial charge in [-0.2, -0.15) is 10.5 Å². The van der Waals surface area contributed by atoms with Crippen LogP contribution in [0.5, 0.6) is 5.75 Å². The molecule has 104 valence electrons. The van der Waals surface area contributed by atoms with Gasteiger partial charge in [-0.25, -0.2) is 0 Å². The molecule has 2 aromatic rings. The van der Waals surface area contributed by atoms with E-state index in [9.17, 15) is 0 Å². The molecule has 2 rings (SSSR count). The van der Waals surface area contributed by atoms with Crippen molar-refractivity contribution in [2.24, 2.45) is 0 Å². The molecule has 0 spiro atoms. The molecular weight excluding hydrogens is 262 g/mol. The predicted molar refractivity (Wildman–Crippen MR) is 80.9 cm³/mol. The van der Waals surface area contributed by atoms with E-state index < -0.39 is 0 Å². The Labute approximate surface area is 124 Å². The number of methoxy groups -OCH3 is 1. The van der Waals surface area contributed by atoms with E-state index in [2.05, 4.69) is 5.32 Å². The summed E-state index contributed by atoms with van der Waals surface area (Å²) in [6, 6.07) is 17.0. The number of nitrogens with one attached hydrogen (secondary N) is 1. The third-order valence-electron chi connectivity index (χ3n) is 3.25. The highest BCUT2D eigenvalue weighted by molar-refractivity contribution is 5.57. The maximum atomic E-state index is 9.06. The molecule has 4 nitrogen and oxygen atoms in total. The number of rotatable bonds is 4. The molecule has 0 aliphatic heterocycles. The molecule has 0 fully saturated rings. The van der Waals surface area contributed by atoms with Crippen molar-refractivity contribution in [2.75, 3.05) is 12.4 Å². The lowest BCUT2D eigenvalue weighted by Gasteiger charge is -2.18. The fourth-order valence-electron chi connectivity index (χ4n) is 2.18. The third kappa shape index (κ3) is 3.13. The molecule has 1 unspecified atom stereocenters. The minimum atomic E-state index is 0.0145. The average molecular weight is 277 g/mol. The van der Waals surface area contributed by atoms with Crippen LogP contribution in [0.25, 0.3) is 0 Å². The van der Waals surface area contributed by atoms with Crippen LogP contribution in [0, 0.1) is 22.7 Å². The first-order chi connectivity index (χ1) is 10.2. The second-order valence-corrected chi connectivity index (χ2v) is 4.59. The molecule has 2 aromatic carbocycles. The molecule has 4 heteroatoms. The molecule has 0 bridgehead atoms. The fourth-order valence-corrected chi connectivity index (χ4v) is 2.18. The van der Waals surface area contributed by atoms with E-state index in [1.165, 1.54) is 0 Å². The summed E-state index contributed by atoms with van der Waals surface area (Å²) in [5.74, 6) is 0.812. The van der Waals surface area contributed by atoms with Gasteiger partial charge in [-0.3, -0.25) is 0 Å². The van der Waals surface area contributed by atoms with Crippen LogP contribution in [-0.2, 0) is 0 Å². The van der Waals surface area contributed by atoms with E-state index in [-0.39, 0.29) is 6.04 Å². The Morgan fingerprint density at radius 3 is 2.43 bits per heavy atom. The van der Waals surface area contributed by atoms with Crippen LogP contribution < -0.4 is 10.1 Å². The van der Waals surface area contributed by atoms with Crippen LogP contribution in [0.15, 0.2) is 42.5 Å². The number of nitriles is 2. The van der Waals surface area contributed by atoms with Crippen molar-refractivity contribution in [1.82, 2.24) is 0 Å². The van der Waals surface area contributed by atoms with Crippen LogP contribution in [0.3, 0.4) is 0 Å². The number of anilines is 1. The second kappa shape index (κ2) is 6.45. The van der Waals surface area contributed by atoms with Gasteiger partial charge in [-0.15, -0.1) is 0 Å². The maximum absolute atomic E-state index is 9.06.